The van der Waals surface area contributed by atoms with Gasteiger partial charge in [0, 0.05) is 23.5 Å². The number of carbonyl (C=O) groups excluding carboxylic acids is 1. The van der Waals surface area contributed by atoms with Gasteiger partial charge in [-0.3, -0.25) is 14.8 Å². The minimum Gasteiger partial charge on any atom is -0.497 e. The highest BCUT2D eigenvalue weighted by Gasteiger charge is 2.29. The molecule has 38 heavy (non-hydrogen) atoms. The molecule has 6 nitrogen and oxygen atoms in total. The van der Waals surface area contributed by atoms with Crippen LogP contribution in [-0.4, -0.2) is 41.2 Å². The number of nitrogens with zero attached hydrogens (tertiary/aromatic N) is 2. The molecule has 3 aromatic carbocycles. The van der Waals surface area contributed by atoms with Gasteiger partial charge in [0.25, 0.3) is 0 Å². The summed E-state index contributed by atoms with van der Waals surface area (Å²) in [6.45, 7) is 3.57. The largest absolute Gasteiger partial charge is 0.497 e. The molecule has 6 rings (SSSR count). The van der Waals surface area contributed by atoms with Crippen molar-refractivity contribution in [3.05, 3.63) is 89.6 Å². The summed E-state index contributed by atoms with van der Waals surface area (Å²) in [6, 6.07) is 24.5. The Morgan fingerprint density at radius 3 is 2.42 bits per heavy atom. The van der Waals surface area contributed by atoms with Gasteiger partial charge in [0.1, 0.15) is 5.75 Å². The summed E-state index contributed by atoms with van der Waals surface area (Å²) in [5.41, 5.74) is 5.52. The quantitative estimate of drug-likeness (QED) is 0.289. The lowest BCUT2D eigenvalue weighted by Crippen LogP contribution is -2.28. The number of aromatic nitrogens is 2. The van der Waals surface area contributed by atoms with Crippen LogP contribution in [0.3, 0.4) is 0 Å². The van der Waals surface area contributed by atoms with E-state index in [1.807, 2.05) is 36.4 Å². The molecule has 1 aliphatic heterocycles. The van der Waals surface area contributed by atoms with E-state index in [0.29, 0.717) is 0 Å². The Hall–Kier alpha value is -3.90. The van der Waals surface area contributed by atoms with Crippen LogP contribution in [0.2, 0.25) is 0 Å². The number of hydrogen-bond acceptors (Lipinski definition) is 4. The monoisotopic (exact) mass is 508 g/mol. The van der Waals surface area contributed by atoms with Gasteiger partial charge in [-0.15, -0.1) is 0 Å². The molecular formula is C32H36N4O2. The summed E-state index contributed by atoms with van der Waals surface area (Å²) in [7, 11) is 1.62. The van der Waals surface area contributed by atoms with Crippen molar-refractivity contribution in [2.24, 2.45) is 5.92 Å². The number of nitrogens with one attached hydrogen (secondary N) is 2. The summed E-state index contributed by atoms with van der Waals surface area (Å²) in [6.07, 6.45) is 10.4. The molecule has 6 heteroatoms. The first kappa shape index (κ1) is 25.7. The van der Waals surface area contributed by atoms with Crippen molar-refractivity contribution in [1.29, 1.82) is 0 Å². The fourth-order valence-corrected chi connectivity index (χ4v) is 4.66. The van der Waals surface area contributed by atoms with E-state index in [1.54, 1.807) is 7.11 Å². The number of para-hydroxylation sites is 1. The van der Waals surface area contributed by atoms with Crippen molar-refractivity contribution in [1.82, 2.24) is 15.1 Å². The van der Waals surface area contributed by atoms with E-state index in [2.05, 4.69) is 69.0 Å². The molecule has 4 aromatic rings. The molecule has 1 amide bonds. The van der Waals surface area contributed by atoms with Crippen LogP contribution in [-0.2, 0) is 11.3 Å². The Bertz CT molecular complexity index is 1350. The van der Waals surface area contributed by atoms with Crippen LogP contribution in [0.1, 0.15) is 48.9 Å². The Morgan fingerprint density at radius 1 is 0.974 bits per heavy atom. The molecule has 1 aliphatic carbocycles. The summed E-state index contributed by atoms with van der Waals surface area (Å²) >= 11 is 0. The number of hydrogen-bond donors (Lipinski definition) is 2. The standard InChI is InChI=1S/C21H23N3.C11H13NO2/c1-4-14-24(15-5-1)16-18-10-8-17(9-11-18)12-13-21-19-6-2-3-7-20(19)22-23-21;1-14-10-6-4-9(5-7-10)12-11(13)8-2-3-8/h2-3,6-13H,1,4-5,14-16H2,(H,22,23);4-8H,2-3H2,1H3,(H,12,13)/b13-12+;. The van der Waals surface area contributed by atoms with Gasteiger partial charge in [0.2, 0.25) is 5.91 Å². The molecule has 2 N–H and O–H groups in total. The van der Waals surface area contributed by atoms with Crippen molar-refractivity contribution in [3.63, 3.8) is 0 Å². The van der Waals surface area contributed by atoms with E-state index in [-0.39, 0.29) is 11.8 Å². The average Bonchev–Trinajstić information content (AvgIpc) is 3.74. The van der Waals surface area contributed by atoms with Gasteiger partial charge in [0.05, 0.1) is 18.3 Å². The Morgan fingerprint density at radius 2 is 1.71 bits per heavy atom. The Labute approximate surface area is 224 Å². The van der Waals surface area contributed by atoms with Crippen LogP contribution >= 0.6 is 0 Å². The molecule has 196 valence electrons. The number of H-pyrrole nitrogens is 1. The number of amides is 1. The van der Waals surface area contributed by atoms with Crippen molar-refractivity contribution in [2.75, 3.05) is 25.5 Å². The fraction of sp³-hybridized carbons (Fsp3) is 0.312. The van der Waals surface area contributed by atoms with Gasteiger partial charge in [0.15, 0.2) is 0 Å². The number of carbonyl (C=O) groups is 1. The number of likely N-dealkylation sites (tertiary alicyclic amines) is 1. The summed E-state index contributed by atoms with van der Waals surface area (Å²) in [5.74, 6) is 1.18. The number of methoxy groups -OCH3 is 1. The van der Waals surface area contributed by atoms with E-state index in [4.69, 9.17) is 4.74 Å². The predicted octanol–water partition coefficient (Wildman–Crippen LogP) is 6.76. The number of benzene rings is 3. The van der Waals surface area contributed by atoms with Crippen molar-refractivity contribution >= 4 is 34.6 Å². The minimum absolute atomic E-state index is 0.134. The van der Waals surface area contributed by atoms with Crippen LogP contribution in [0.25, 0.3) is 23.1 Å². The van der Waals surface area contributed by atoms with E-state index >= 15 is 0 Å². The second kappa shape index (κ2) is 12.6. The highest BCUT2D eigenvalue weighted by molar-refractivity contribution is 5.94. The molecule has 0 radical (unpaired) electrons. The number of aromatic amines is 1. The van der Waals surface area contributed by atoms with Gasteiger partial charge < -0.3 is 10.1 Å². The highest BCUT2D eigenvalue weighted by Crippen LogP contribution is 2.30. The molecule has 2 fully saturated rings. The maximum absolute atomic E-state index is 11.4. The number of fused-ring (bicyclic) bond motifs is 1. The Balaban J connectivity index is 0.000000179. The first-order valence-corrected chi connectivity index (χ1v) is 13.6. The zero-order chi connectivity index (χ0) is 26.2. The first-order valence-electron chi connectivity index (χ1n) is 13.6. The van der Waals surface area contributed by atoms with Gasteiger partial charge in [-0.05, 0) is 86.3 Å². The van der Waals surface area contributed by atoms with Gasteiger partial charge in [-0.25, -0.2) is 0 Å². The highest BCUT2D eigenvalue weighted by atomic mass is 16.5. The van der Waals surface area contributed by atoms with Crippen molar-refractivity contribution < 1.29 is 9.53 Å². The molecule has 1 saturated heterocycles. The van der Waals surface area contributed by atoms with Crippen molar-refractivity contribution in [2.45, 2.75) is 38.6 Å². The zero-order valence-electron chi connectivity index (χ0n) is 22.0. The third-order valence-corrected chi connectivity index (χ3v) is 7.07. The van der Waals surface area contributed by atoms with Crippen LogP contribution in [0.5, 0.6) is 5.75 Å². The van der Waals surface area contributed by atoms with Crippen molar-refractivity contribution in [3.8, 4) is 5.75 Å². The SMILES string of the molecule is C(=C\c1n[nH]c2ccccc12)/c1ccc(CN2CCCCC2)cc1.COc1ccc(NC(=O)C2CC2)cc1. The molecule has 2 aliphatic rings. The number of ether oxygens (including phenoxy) is 1. The second-order valence-corrected chi connectivity index (χ2v) is 10.1. The number of rotatable bonds is 7. The number of piperidine rings is 1. The first-order chi connectivity index (χ1) is 18.7. The molecule has 1 saturated carbocycles. The molecule has 0 bridgehead atoms. The average molecular weight is 509 g/mol. The number of anilines is 1. The molecule has 2 heterocycles. The maximum Gasteiger partial charge on any atom is 0.227 e. The summed E-state index contributed by atoms with van der Waals surface area (Å²) < 4.78 is 5.02. The second-order valence-electron chi connectivity index (χ2n) is 10.1. The Kier molecular flexibility index (Phi) is 8.51. The maximum atomic E-state index is 11.4. The minimum atomic E-state index is 0.134. The molecule has 1 aromatic heterocycles. The lowest BCUT2D eigenvalue weighted by Gasteiger charge is -2.26. The summed E-state index contributed by atoms with van der Waals surface area (Å²) in [4.78, 5) is 13.9. The van der Waals surface area contributed by atoms with Gasteiger partial charge in [-0.1, -0.05) is 55.0 Å². The van der Waals surface area contributed by atoms with Gasteiger partial charge >= 0.3 is 0 Å². The van der Waals surface area contributed by atoms with E-state index in [9.17, 15) is 4.79 Å². The normalized spacial score (nSPS) is 15.7. The van der Waals surface area contributed by atoms with Gasteiger partial charge in [-0.2, -0.15) is 5.10 Å². The smallest absolute Gasteiger partial charge is 0.227 e. The zero-order valence-corrected chi connectivity index (χ0v) is 22.0. The molecule has 0 spiro atoms. The third kappa shape index (κ3) is 7.11. The third-order valence-electron chi connectivity index (χ3n) is 7.07. The fourth-order valence-electron chi connectivity index (χ4n) is 4.66. The van der Waals surface area contributed by atoms with Crippen LogP contribution in [0.4, 0.5) is 5.69 Å². The molecular weight excluding hydrogens is 472 g/mol. The lowest BCUT2D eigenvalue weighted by atomic mass is 10.1. The van der Waals surface area contributed by atoms with Crippen LogP contribution in [0.15, 0.2) is 72.8 Å². The predicted molar refractivity (Wildman–Crippen MR) is 155 cm³/mol. The molecule has 0 unspecified atom stereocenters. The van der Waals surface area contributed by atoms with E-state index in [0.717, 1.165) is 47.4 Å². The van der Waals surface area contributed by atoms with Crippen LogP contribution in [0, 0.1) is 5.92 Å². The van der Waals surface area contributed by atoms with E-state index < -0.39 is 0 Å². The molecule has 0 atom stereocenters. The topological polar surface area (TPSA) is 70.2 Å². The summed E-state index contributed by atoms with van der Waals surface area (Å²) in [5, 5.41) is 11.5. The lowest BCUT2D eigenvalue weighted by molar-refractivity contribution is -0.117. The van der Waals surface area contributed by atoms with Crippen LogP contribution < -0.4 is 10.1 Å². The van der Waals surface area contributed by atoms with E-state index in [1.165, 1.54) is 43.5 Å².